The lowest BCUT2D eigenvalue weighted by atomic mass is 10.1. The van der Waals surface area contributed by atoms with E-state index in [0.717, 1.165) is 19.5 Å². The van der Waals surface area contributed by atoms with Crippen molar-refractivity contribution in [1.29, 1.82) is 0 Å². The van der Waals surface area contributed by atoms with Gasteiger partial charge in [0.25, 0.3) is 0 Å². The highest BCUT2D eigenvalue weighted by Crippen LogP contribution is 2.18. The molecule has 0 aliphatic carbocycles. The summed E-state index contributed by atoms with van der Waals surface area (Å²) in [5.74, 6) is 0.212. The Labute approximate surface area is 67.0 Å². The number of aliphatic hydroxyl groups excluding tert-OH is 1. The summed E-state index contributed by atoms with van der Waals surface area (Å²) in [6.07, 6.45) is 0.945. The van der Waals surface area contributed by atoms with Gasteiger partial charge in [-0.25, -0.2) is 0 Å². The third-order valence-electron chi connectivity index (χ3n) is 2.42. The standard InChI is InChI=1S/C8H16FNO/c1-7(6-11)10-3-2-8(4-9)5-10/h7-8,11H,2-6H2,1H3. The molecule has 2 nitrogen and oxygen atoms in total. The molecular weight excluding hydrogens is 145 g/mol. The third kappa shape index (κ3) is 2.14. The van der Waals surface area contributed by atoms with Crippen molar-refractivity contribution in [2.24, 2.45) is 5.92 Å². The summed E-state index contributed by atoms with van der Waals surface area (Å²) in [6.45, 7) is 3.70. The van der Waals surface area contributed by atoms with Gasteiger partial charge in [0.1, 0.15) is 0 Å². The molecule has 1 aliphatic heterocycles. The molecule has 0 saturated carbocycles. The van der Waals surface area contributed by atoms with E-state index in [1.807, 2.05) is 6.92 Å². The van der Waals surface area contributed by atoms with Crippen molar-refractivity contribution in [1.82, 2.24) is 4.90 Å². The first kappa shape index (κ1) is 8.94. The summed E-state index contributed by atoms with van der Waals surface area (Å²) in [6, 6.07) is 0.201. The molecule has 66 valence electrons. The molecule has 1 heterocycles. The van der Waals surface area contributed by atoms with E-state index in [4.69, 9.17) is 5.11 Å². The lowest BCUT2D eigenvalue weighted by Crippen LogP contribution is -2.33. The van der Waals surface area contributed by atoms with E-state index in [1.165, 1.54) is 0 Å². The Kier molecular flexibility index (Phi) is 3.27. The molecule has 0 aromatic rings. The van der Waals surface area contributed by atoms with Gasteiger partial charge in [0, 0.05) is 18.5 Å². The SMILES string of the molecule is CC(CO)N1CCC(CF)C1. The quantitative estimate of drug-likeness (QED) is 0.657. The summed E-state index contributed by atoms with van der Waals surface area (Å²) in [7, 11) is 0. The Morgan fingerprint density at radius 1 is 1.73 bits per heavy atom. The molecule has 0 aromatic carbocycles. The van der Waals surface area contributed by atoms with Gasteiger partial charge in [-0.05, 0) is 19.9 Å². The predicted molar refractivity (Wildman–Crippen MR) is 42.2 cm³/mol. The van der Waals surface area contributed by atoms with Gasteiger partial charge in [-0.3, -0.25) is 9.29 Å². The fourth-order valence-corrected chi connectivity index (χ4v) is 1.50. The van der Waals surface area contributed by atoms with Crippen molar-refractivity contribution < 1.29 is 9.50 Å². The highest BCUT2D eigenvalue weighted by molar-refractivity contribution is 4.78. The maximum absolute atomic E-state index is 12.1. The van der Waals surface area contributed by atoms with E-state index < -0.39 is 0 Å². The average Bonchev–Trinajstić information content (AvgIpc) is 2.50. The molecule has 0 amide bonds. The van der Waals surface area contributed by atoms with Crippen LogP contribution in [0.4, 0.5) is 4.39 Å². The van der Waals surface area contributed by atoms with Crippen LogP contribution in [0.25, 0.3) is 0 Å². The molecule has 1 aliphatic rings. The van der Waals surface area contributed by atoms with Crippen molar-refractivity contribution in [2.45, 2.75) is 19.4 Å². The van der Waals surface area contributed by atoms with Crippen molar-refractivity contribution in [2.75, 3.05) is 26.4 Å². The number of likely N-dealkylation sites (tertiary alicyclic amines) is 1. The molecule has 0 spiro atoms. The maximum Gasteiger partial charge on any atom is 0.0935 e. The lowest BCUT2D eigenvalue weighted by Gasteiger charge is -2.21. The summed E-state index contributed by atoms with van der Waals surface area (Å²) in [5, 5.41) is 8.82. The fraction of sp³-hybridized carbons (Fsp3) is 1.00. The van der Waals surface area contributed by atoms with E-state index in [-0.39, 0.29) is 25.2 Å². The molecule has 0 bridgehead atoms. The van der Waals surface area contributed by atoms with Gasteiger partial charge in [-0.15, -0.1) is 0 Å². The molecule has 0 aromatic heterocycles. The van der Waals surface area contributed by atoms with E-state index >= 15 is 0 Å². The van der Waals surface area contributed by atoms with Crippen LogP contribution in [-0.4, -0.2) is 42.4 Å². The largest absolute Gasteiger partial charge is 0.395 e. The molecule has 1 fully saturated rings. The first-order chi connectivity index (χ1) is 5.27. The molecule has 1 rings (SSSR count). The second-order valence-electron chi connectivity index (χ2n) is 3.34. The number of halogens is 1. The summed E-state index contributed by atoms with van der Waals surface area (Å²) < 4.78 is 12.1. The molecule has 11 heavy (non-hydrogen) atoms. The van der Waals surface area contributed by atoms with E-state index in [1.54, 1.807) is 0 Å². The van der Waals surface area contributed by atoms with Crippen LogP contribution >= 0.6 is 0 Å². The summed E-state index contributed by atoms with van der Waals surface area (Å²) in [5.41, 5.74) is 0. The summed E-state index contributed by atoms with van der Waals surface area (Å²) in [4.78, 5) is 2.14. The Morgan fingerprint density at radius 3 is 2.91 bits per heavy atom. The lowest BCUT2D eigenvalue weighted by molar-refractivity contribution is 0.152. The molecular formula is C8H16FNO. The van der Waals surface area contributed by atoms with Crippen molar-refractivity contribution >= 4 is 0 Å². The van der Waals surface area contributed by atoms with Gasteiger partial charge in [0.15, 0.2) is 0 Å². The van der Waals surface area contributed by atoms with Crippen LogP contribution in [0, 0.1) is 5.92 Å². The van der Waals surface area contributed by atoms with Gasteiger partial charge < -0.3 is 5.11 Å². The van der Waals surface area contributed by atoms with Crippen LogP contribution in [0.15, 0.2) is 0 Å². The zero-order chi connectivity index (χ0) is 8.27. The van der Waals surface area contributed by atoms with Crippen LogP contribution in [0.1, 0.15) is 13.3 Å². The maximum atomic E-state index is 12.1. The molecule has 0 radical (unpaired) electrons. The first-order valence-electron chi connectivity index (χ1n) is 4.18. The fourth-order valence-electron chi connectivity index (χ4n) is 1.50. The zero-order valence-corrected chi connectivity index (χ0v) is 6.96. The smallest absolute Gasteiger partial charge is 0.0935 e. The molecule has 2 atom stereocenters. The Morgan fingerprint density at radius 2 is 2.45 bits per heavy atom. The highest BCUT2D eigenvalue weighted by atomic mass is 19.1. The zero-order valence-electron chi connectivity index (χ0n) is 6.96. The minimum Gasteiger partial charge on any atom is -0.395 e. The number of rotatable bonds is 3. The van der Waals surface area contributed by atoms with Crippen LogP contribution in [0.5, 0.6) is 0 Å². The minimum atomic E-state index is -0.214. The van der Waals surface area contributed by atoms with Crippen LogP contribution in [0.3, 0.4) is 0 Å². The second kappa shape index (κ2) is 4.02. The molecule has 1 N–H and O–H groups in total. The first-order valence-corrected chi connectivity index (χ1v) is 4.18. The number of hydrogen-bond donors (Lipinski definition) is 1. The molecule has 2 unspecified atom stereocenters. The van der Waals surface area contributed by atoms with Crippen molar-refractivity contribution in [3.8, 4) is 0 Å². The third-order valence-corrected chi connectivity index (χ3v) is 2.42. The van der Waals surface area contributed by atoms with Gasteiger partial charge >= 0.3 is 0 Å². The van der Waals surface area contributed by atoms with Gasteiger partial charge in [-0.2, -0.15) is 0 Å². The second-order valence-corrected chi connectivity index (χ2v) is 3.34. The predicted octanol–water partition coefficient (Wildman–Crippen LogP) is 0.659. The average molecular weight is 161 g/mol. The number of hydrogen-bond acceptors (Lipinski definition) is 2. The normalized spacial score (nSPS) is 29.2. The Balaban J connectivity index is 2.29. The number of alkyl halides is 1. The Hall–Kier alpha value is -0.150. The number of aliphatic hydroxyl groups is 1. The molecule has 3 heteroatoms. The van der Waals surface area contributed by atoms with E-state index in [9.17, 15) is 4.39 Å². The van der Waals surface area contributed by atoms with Crippen LogP contribution < -0.4 is 0 Å². The van der Waals surface area contributed by atoms with Gasteiger partial charge in [0.2, 0.25) is 0 Å². The minimum absolute atomic E-state index is 0.180. The Bertz CT molecular complexity index is 121. The van der Waals surface area contributed by atoms with E-state index in [2.05, 4.69) is 4.90 Å². The molecule has 1 saturated heterocycles. The van der Waals surface area contributed by atoms with Crippen LogP contribution in [-0.2, 0) is 0 Å². The number of nitrogens with zero attached hydrogens (tertiary/aromatic N) is 1. The monoisotopic (exact) mass is 161 g/mol. The topological polar surface area (TPSA) is 23.5 Å². The van der Waals surface area contributed by atoms with Crippen molar-refractivity contribution in [3.05, 3.63) is 0 Å². The van der Waals surface area contributed by atoms with Gasteiger partial charge in [-0.1, -0.05) is 0 Å². The van der Waals surface area contributed by atoms with E-state index in [0.29, 0.717) is 0 Å². The highest BCUT2D eigenvalue weighted by Gasteiger charge is 2.25. The van der Waals surface area contributed by atoms with Crippen molar-refractivity contribution in [3.63, 3.8) is 0 Å². The van der Waals surface area contributed by atoms with Gasteiger partial charge in [0.05, 0.1) is 13.3 Å². The van der Waals surface area contributed by atoms with Crippen LogP contribution in [0.2, 0.25) is 0 Å². The summed E-state index contributed by atoms with van der Waals surface area (Å²) >= 11 is 0.